The van der Waals surface area contributed by atoms with Crippen molar-refractivity contribution in [3.8, 4) is 44.5 Å². The fourth-order valence-corrected chi connectivity index (χ4v) is 11.0. The van der Waals surface area contributed by atoms with Crippen molar-refractivity contribution >= 4 is 53.9 Å². The molecule has 2 aliphatic rings. The summed E-state index contributed by atoms with van der Waals surface area (Å²) in [5.74, 6) is 0. The van der Waals surface area contributed by atoms with Crippen LogP contribution in [0, 0.1) is 0 Å². The molecule has 0 fully saturated rings. The van der Waals surface area contributed by atoms with Crippen molar-refractivity contribution in [3.63, 3.8) is 0 Å². The van der Waals surface area contributed by atoms with Crippen LogP contribution in [0.1, 0.15) is 22.3 Å². The molecule has 0 heteroatoms. The summed E-state index contributed by atoms with van der Waals surface area (Å²) in [5, 5.41) is 12.8. The third-order valence-corrected chi connectivity index (χ3v) is 13.2. The molecule has 0 N–H and O–H groups in total. The highest BCUT2D eigenvalue weighted by molar-refractivity contribution is 6.24. The lowest BCUT2D eigenvalue weighted by atomic mass is 9.69. The van der Waals surface area contributed by atoms with Crippen molar-refractivity contribution in [2.24, 2.45) is 0 Å². The van der Waals surface area contributed by atoms with Gasteiger partial charge in [-0.05, 0) is 139 Å². The second-order valence-electron chi connectivity index (χ2n) is 15.9. The van der Waals surface area contributed by atoms with Crippen LogP contribution >= 0.6 is 0 Å². The van der Waals surface area contributed by atoms with Gasteiger partial charge in [0, 0.05) is 0 Å². The van der Waals surface area contributed by atoms with E-state index < -0.39 is 5.41 Å². The lowest BCUT2D eigenvalue weighted by Gasteiger charge is -2.31. The van der Waals surface area contributed by atoms with Crippen molar-refractivity contribution in [1.82, 2.24) is 0 Å². The van der Waals surface area contributed by atoms with Crippen LogP contribution < -0.4 is 0 Å². The summed E-state index contributed by atoms with van der Waals surface area (Å²) in [6.07, 6.45) is 0. The molecule has 0 aromatic heterocycles. The van der Waals surface area contributed by atoms with Crippen molar-refractivity contribution in [2.45, 2.75) is 5.41 Å². The maximum atomic E-state index is 2.49. The third kappa shape index (κ3) is 4.02. The molecular formula is C57H34. The van der Waals surface area contributed by atoms with E-state index in [2.05, 4.69) is 206 Å². The minimum Gasteiger partial charge on any atom is -0.0619 e. The van der Waals surface area contributed by atoms with Crippen molar-refractivity contribution in [1.29, 1.82) is 0 Å². The van der Waals surface area contributed by atoms with Crippen LogP contribution in [0.25, 0.3) is 98.4 Å². The molecule has 0 bridgehead atoms. The number of hydrogen-bond donors (Lipinski definition) is 0. The predicted molar refractivity (Wildman–Crippen MR) is 241 cm³/mol. The molecule has 0 saturated heterocycles. The lowest BCUT2D eigenvalue weighted by Crippen LogP contribution is -2.26. The Morgan fingerprint density at radius 1 is 0.246 bits per heavy atom. The standard InChI is InChI=1S/C57H34/c1-2-16-37-34-53-50(33-36(37)15-1)49-31-28-38-32-39(29-30-41(38)56(49)57(53)51-26-11-9-19-42(51)43-20-10-12-27-52(43)57)54-45-21-5-7-23-47(45)55(48-24-8-6-22-46(48)54)44-25-13-17-35-14-3-4-18-40(35)44/h1-34H. The van der Waals surface area contributed by atoms with E-state index in [0.29, 0.717) is 0 Å². The highest BCUT2D eigenvalue weighted by Crippen LogP contribution is 2.64. The Hall–Kier alpha value is -7.28. The van der Waals surface area contributed by atoms with Crippen LogP contribution in [-0.2, 0) is 5.41 Å². The van der Waals surface area contributed by atoms with E-state index in [1.165, 1.54) is 121 Å². The van der Waals surface area contributed by atoms with Gasteiger partial charge in [0.15, 0.2) is 0 Å². The Kier molecular flexibility index (Phi) is 6.19. The average Bonchev–Trinajstić information content (AvgIpc) is 3.74. The number of hydrogen-bond acceptors (Lipinski definition) is 0. The van der Waals surface area contributed by atoms with Gasteiger partial charge in [-0.15, -0.1) is 0 Å². The summed E-state index contributed by atoms with van der Waals surface area (Å²) in [6.45, 7) is 0. The maximum Gasteiger partial charge on any atom is 0.0731 e. The van der Waals surface area contributed by atoms with Crippen molar-refractivity contribution in [2.75, 3.05) is 0 Å². The normalized spacial score (nSPS) is 13.4. The molecule has 57 heavy (non-hydrogen) atoms. The summed E-state index contributed by atoms with van der Waals surface area (Å²) in [7, 11) is 0. The average molecular weight is 719 g/mol. The van der Waals surface area contributed by atoms with Gasteiger partial charge in [0.25, 0.3) is 0 Å². The molecule has 11 aromatic carbocycles. The Labute approximate surface area is 330 Å². The Morgan fingerprint density at radius 3 is 1.46 bits per heavy atom. The molecule has 262 valence electrons. The first-order valence-electron chi connectivity index (χ1n) is 20.0. The monoisotopic (exact) mass is 718 g/mol. The van der Waals surface area contributed by atoms with Gasteiger partial charge in [0.1, 0.15) is 0 Å². The maximum absolute atomic E-state index is 2.49. The molecule has 0 heterocycles. The van der Waals surface area contributed by atoms with Crippen LogP contribution in [0.2, 0.25) is 0 Å². The van der Waals surface area contributed by atoms with E-state index in [1.54, 1.807) is 0 Å². The van der Waals surface area contributed by atoms with Gasteiger partial charge in [-0.2, -0.15) is 0 Å². The zero-order chi connectivity index (χ0) is 37.2. The Morgan fingerprint density at radius 2 is 0.772 bits per heavy atom. The molecule has 0 aliphatic heterocycles. The van der Waals surface area contributed by atoms with Gasteiger partial charge in [0.05, 0.1) is 5.41 Å². The molecule has 0 radical (unpaired) electrons. The first-order valence-corrected chi connectivity index (χ1v) is 20.0. The second kappa shape index (κ2) is 11.4. The molecule has 1 spiro atoms. The van der Waals surface area contributed by atoms with Crippen LogP contribution in [-0.4, -0.2) is 0 Å². The van der Waals surface area contributed by atoms with E-state index in [1.807, 2.05) is 0 Å². The minimum atomic E-state index is -0.428. The lowest BCUT2D eigenvalue weighted by molar-refractivity contribution is 0.802. The van der Waals surface area contributed by atoms with Crippen LogP contribution in [0.4, 0.5) is 0 Å². The Bertz CT molecular complexity index is 3420. The molecule has 2 aliphatic carbocycles. The SMILES string of the molecule is c1ccc2c(c1)-c1ccccc1C21c2cc3ccccc3cc2-c2ccc3cc(-c4c5ccccc5c(-c5cccc6ccccc56)c5ccccc45)ccc3c21. The largest absolute Gasteiger partial charge is 0.0731 e. The minimum absolute atomic E-state index is 0.428. The summed E-state index contributed by atoms with van der Waals surface area (Å²) >= 11 is 0. The fourth-order valence-electron chi connectivity index (χ4n) is 11.0. The first kappa shape index (κ1) is 31.0. The van der Waals surface area contributed by atoms with E-state index in [4.69, 9.17) is 0 Å². The molecule has 0 amide bonds. The number of fused-ring (bicyclic) bond motifs is 16. The molecule has 0 unspecified atom stereocenters. The fraction of sp³-hybridized carbons (Fsp3) is 0.0175. The van der Waals surface area contributed by atoms with Gasteiger partial charge < -0.3 is 0 Å². The van der Waals surface area contributed by atoms with Crippen LogP contribution in [0.15, 0.2) is 206 Å². The highest BCUT2D eigenvalue weighted by atomic mass is 14.5. The van der Waals surface area contributed by atoms with Gasteiger partial charge in [-0.3, -0.25) is 0 Å². The highest BCUT2D eigenvalue weighted by Gasteiger charge is 2.52. The van der Waals surface area contributed by atoms with E-state index >= 15 is 0 Å². The molecule has 0 nitrogen and oxygen atoms in total. The van der Waals surface area contributed by atoms with Crippen LogP contribution in [0.3, 0.4) is 0 Å². The van der Waals surface area contributed by atoms with E-state index in [-0.39, 0.29) is 0 Å². The van der Waals surface area contributed by atoms with E-state index in [9.17, 15) is 0 Å². The van der Waals surface area contributed by atoms with Crippen molar-refractivity contribution in [3.05, 3.63) is 229 Å². The van der Waals surface area contributed by atoms with Gasteiger partial charge in [0.2, 0.25) is 0 Å². The number of rotatable bonds is 2. The smallest absolute Gasteiger partial charge is 0.0619 e. The van der Waals surface area contributed by atoms with Gasteiger partial charge in [-0.1, -0.05) is 188 Å². The zero-order valence-electron chi connectivity index (χ0n) is 31.1. The molecular weight excluding hydrogens is 685 g/mol. The summed E-state index contributed by atoms with van der Waals surface area (Å²) in [5.41, 5.74) is 15.5. The molecule has 0 saturated carbocycles. The molecule has 13 rings (SSSR count). The number of benzene rings is 11. The predicted octanol–water partition coefficient (Wildman–Crippen LogP) is 15.1. The third-order valence-electron chi connectivity index (χ3n) is 13.2. The topological polar surface area (TPSA) is 0 Å². The van der Waals surface area contributed by atoms with Crippen LogP contribution in [0.5, 0.6) is 0 Å². The summed E-state index contributed by atoms with van der Waals surface area (Å²) in [6, 6.07) is 77.6. The molecule has 0 atom stereocenters. The quantitative estimate of drug-likeness (QED) is 0.156. The second-order valence-corrected chi connectivity index (χ2v) is 15.9. The first-order chi connectivity index (χ1) is 28.3. The molecule has 11 aromatic rings. The van der Waals surface area contributed by atoms with E-state index in [0.717, 1.165) is 0 Å². The summed E-state index contributed by atoms with van der Waals surface area (Å²) in [4.78, 5) is 0. The Balaban J connectivity index is 1.11. The zero-order valence-corrected chi connectivity index (χ0v) is 31.1. The van der Waals surface area contributed by atoms with Crippen molar-refractivity contribution < 1.29 is 0 Å². The van der Waals surface area contributed by atoms with Gasteiger partial charge in [-0.25, -0.2) is 0 Å². The summed E-state index contributed by atoms with van der Waals surface area (Å²) < 4.78 is 0. The van der Waals surface area contributed by atoms with Gasteiger partial charge >= 0.3 is 0 Å².